The van der Waals surface area contributed by atoms with Crippen LogP contribution >= 0.6 is 0 Å². The topological polar surface area (TPSA) is 42.8 Å². The molecule has 4 heteroatoms. The van der Waals surface area contributed by atoms with Gasteiger partial charge in [-0.15, -0.1) is 0 Å². The minimum atomic E-state index is -0.00928. The van der Waals surface area contributed by atoms with Gasteiger partial charge in [0.15, 0.2) is 6.04 Å². The van der Waals surface area contributed by atoms with Crippen LogP contribution in [0.1, 0.15) is 33.1 Å². The number of amides is 1. The van der Waals surface area contributed by atoms with E-state index in [2.05, 4.69) is 5.32 Å². The van der Waals surface area contributed by atoms with E-state index in [4.69, 9.17) is 4.74 Å². The van der Waals surface area contributed by atoms with E-state index in [1.54, 1.807) is 0 Å². The third kappa shape index (κ3) is 3.73. The van der Waals surface area contributed by atoms with Crippen molar-refractivity contribution in [1.82, 2.24) is 0 Å². The Labute approximate surface area is 121 Å². The molecule has 1 aliphatic heterocycles. The van der Waals surface area contributed by atoms with Crippen molar-refractivity contribution in [1.29, 1.82) is 0 Å². The molecule has 1 atom stereocenters. The first kappa shape index (κ1) is 14.9. The second-order valence-corrected chi connectivity index (χ2v) is 5.36. The molecule has 0 spiro atoms. The molecule has 1 saturated heterocycles. The molecule has 110 valence electrons. The van der Waals surface area contributed by atoms with E-state index in [-0.39, 0.29) is 11.9 Å². The maximum Gasteiger partial charge on any atom is 0.282 e. The number of nitrogens with one attached hydrogen (secondary N) is 2. The number of rotatable bonds is 5. The first-order valence-corrected chi connectivity index (χ1v) is 7.59. The molecule has 0 unspecified atom stereocenters. The predicted molar refractivity (Wildman–Crippen MR) is 80.3 cm³/mol. The fourth-order valence-corrected chi connectivity index (χ4v) is 2.72. The number of carbonyl (C=O) groups is 1. The standard InChI is InChI=1S/C16H24N2O2/c1-3-20-15-10-6-5-9-14(15)17-16(19)13(2)18-11-7-4-8-12-18/h5-6,9-10,13H,3-4,7-8,11-12H2,1-2H3,(H,17,19)/p+1/t13-/m0/s1. The van der Waals surface area contributed by atoms with Gasteiger partial charge in [0.1, 0.15) is 5.75 Å². The van der Waals surface area contributed by atoms with E-state index in [1.165, 1.54) is 24.2 Å². The zero-order valence-corrected chi connectivity index (χ0v) is 12.4. The molecule has 4 nitrogen and oxygen atoms in total. The van der Waals surface area contributed by atoms with Gasteiger partial charge in [-0.25, -0.2) is 0 Å². The molecule has 1 fully saturated rings. The van der Waals surface area contributed by atoms with Crippen molar-refractivity contribution in [3.05, 3.63) is 24.3 Å². The Kier molecular flexibility index (Phi) is 5.41. The van der Waals surface area contributed by atoms with Crippen molar-refractivity contribution in [2.24, 2.45) is 0 Å². The number of carbonyl (C=O) groups excluding carboxylic acids is 1. The average molecular weight is 277 g/mol. The van der Waals surface area contributed by atoms with Gasteiger partial charge in [0.2, 0.25) is 0 Å². The van der Waals surface area contributed by atoms with Crippen LogP contribution in [0.2, 0.25) is 0 Å². The SMILES string of the molecule is CCOc1ccccc1NC(=O)[C@H](C)[NH+]1CCCCC1. The van der Waals surface area contributed by atoms with Gasteiger partial charge in [0, 0.05) is 0 Å². The quantitative estimate of drug-likeness (QED) is 0.856. The molecule has 0 saturated carbocycles. The zero-order chi connectivity index (χ0) is 14.4. The average Bonchev–Trinajstić information content (AvgIpc) is 2.49. The zero-order valence-electron chi connectivity index (χ0n) is 12.4. The highest BCUT2D eigenvalue weighted by Crippen LogP contribution is 2.23. The van der Waals surface area contributed by atoms with Gasteiger partial charge in [-0.2, -0.15) is 0 Å². The van der Waals surface area contributed by atoms with Crippen molar-refractivity contribution in [2.75, 3.05) is 25.0 Å². The third-order valence-electron chi connectivity index (χ3n) is 3.95. The van der Waals surface area contributed by atoms with Gasteiger partial charge < -0.3 is 15.0 Å². The summed E-state index contributed by atoms with van der Waals surface area (Å²) in [6.45, 7) is 6.75. The predicted octanol–water partition coefficient (Wildman–Crippen LogP) is 1.48. The molecule has 1 amide bonds. The second kappa shape index (κ2) is 7.29. The maximum absolute atomic E-state index is 12.4. The molecule has 2 rings (SSSR count). The lowest BCUT2D eigenvalue weighted by Gasteiger charge is -2.28. The Morgan fingerprint density at radius 1 is 1.30 bits per heavy atom. The fraction of sp³-hybridized carbons (Fsp3) is 0.562. The minimum absolute atomic E-state index is 0.00928. The number of hydrogen-bond donors (Lipinski definition) is 2. The van der Waals surface area contributed by atoms with Gasteiger partial charge in [0.05, 0.1) is 25.4 Å². The molecule has 0 aliphatic carbocycles. The van der Waals surface area contributed by atoms with Crippen LogP contribution in [0, 0.1) is 0 Å². The summed E-state index contributed by atoms with van der Waals surface area (Å²) in [5.41, 5.74) is 0.766. The van der Waals surface area contributed by atoms with E-state index < -0.39 is 0 Å². The molecule has 1 aliphatic rings. The van der Waals surface area contributed by atoms with Gasteiger partial charge in [0.25, 0.3) is 5.91 Å². The van der Waals surface area contributed by atoms with Crippen molar-refractivity contribution >= 4 is 11.6 Å². The van der Waals surface area contributed by atoms with Crippen LogP contribution in [0.25, 0.3) is 0 Å². The van der Waals surface area contributed by atoms with Gasteiger partial charge >= 0.3 is 0 Å². The lowest BCUT2D eigenvalue weighted by atomic mass is 10.1. The number of hydrogen-bond acceptors (Lipinski definition) is 2. The van der Waals surface area contributed by atoms with Crippen LogP contribution in [0.3, 0.4) is 0 Å². The molecule has 0 aromatic heterocycles. The van der Waals surface area contributed by atoms with Gasteiger partial charge in [-0.3, -0.25) is 4.79 Å². The fourth-order valence-electron chi connectivity index (χ4n) is 2.72. The number of piperidine rings is 1. The Bertz CT molecular complexity index is 442. The monoisotopic (exact) mass is 277 g/mol. The van der Waals surface area contributed by atoms with E-state index in [1.807, 2.05) is 38.1 Å². The summed E-state index contributed by atoms with van der Waals surface area (Å²) < 4.78 is 5.54. The molecule has 1 heterocycles. The minimum Gasteiger partial charge on any atom is -0.492 e. The van der Waals surface area contributed by atoms with Crippen LogP contribution in [-0.2, 0) is 4.79 Å². The second-order valence-electron chi connectivity index (χ2n) is 5.36. The summed E-state index contributed by atoms with van der Waals surface area (Å²) >= 11 is 0. The van der Waals surface area contributed by atoms with E-state index in [9.17, 15) is 4.79 Å². The normalized spacial score (nSPS) is 17.5. The Balaban J connectivity index is 1.99. The van der Waals surface area contributed by atoms with Crippen molar-refractivity contribution < 1.29 is 14.4 Å². The van der Waals surface area contributed by atoms with Crippen LogP contribution in [-0.4, -0.2) is 31.6 Å². The number of benzene rings is 1. The maximum atomic E-state index is 12.4. The van der Waals surface area contributed by atoms with Crippen molar-refractivity contribution in [2.45, 2.75) is 39.2 Å². The summed E-state index contributed by atoms with van der Waals surface area (Å²) in [5, 5.41) is 3.01. The van der Waals surface area contributed by atoms with Gasteiger partial charge in [-0.05, 0) is 45.2 Å². The van der Waals surface area contributed by atoms with Crippen molar-refractivity contribution in [3.8, 4) is 5.75 Å². The molecule has 0 radical (unpaired) electrons. The summed E-state index contributed by atoms with van der Waals surface area (Å²) in [6, 6.07) is 7.60. The van der Waals surface area contributed by atoms with E-state index in [0.717, 1.165) is 24.5 Å². The van der Waals surface area contributed by atoms with Crippen LogP contribution in [0.5, 0.6) is 5.75 Å². The number of quaternary nitrogens is 1. The van der Waals surface area contributed by atoms with Gasteiger partial charge in [-0.1, -0.05) is 12.1 Å². The molecular formula is C16H25N2O2+. The van der Waals surface area contributed by atoms with Crippen LogP contribution in [0.4, 0.5) is 5.69 Å². The first-order chi connectivity index (χ1) is 9.72. The molecule has 1 aromatic carbocycles. The highest BCUT2D eigenvalue weighted by molar-refractivity contribution is 5.94. The smallest absolute Gasteiger partial charge is 0.282 e. The summed E-state index contributed by atoms with van der Waals surface area (Å²) in [6.07, 6.45) is 3.75. The molecule has 2 N–H and O–H groups in total. The van der Waals surface area contributed by atoms with E-state index >= 15 is 0 Å². The van der Waals surface area contributed by atoms with Crippen molar-refractivity contribution in [3.63, 3.8) is 0 Å². The van der Waals surface area contributed by atoms with Crippen LogP contribution < -0.4 is 15.0 Å². The lowest BCUT2D eigenvalue weighted by molar-refractivity contribution is -0.918. The highest BCUT2D eigenvalue weighted by atomic mass is 16.5. The number of ether oxygens (including phenoxy) is 1. The number of anilines is 1. The number of para-hydroxylation sites is 2. The lowest BCUT2D eigenvalue weighted by Crippen LogP contribution is -3.17. The van der Waals surface area contributed by atoms with Crippen LogP contribution in [0.15, 0.2) is 24.3 Å². The number of likely N-dealkylation sites (tertiary alicyclic amines) is 1. The highest BCUT2D eigenvalue weighted by Gasteiger charge is 2.26. The Hall–Kier alpha value is -1.55. The molecule has 20 heavy (non-hydrogen) atoms. The first-order valence-electron chi connectivity index (χ1n) is 7.59. The Morgan fingerprint density at radius 2 is 2.00 bits per heavy atom. The third-order valence-corrected chi connectivity index (χ3v) is 3.95. The van der Waals surface area contributed by atoms with E-state index in [0.29, 0.717) is 6.61 Å². The largest absolute Gasteiger partial charge is 0.492 e. The summed E-state index contributed by atoms with van der Waals surface area (Å²) in [7, 11) is 0. The summed E-state index contributed by atoms with van der Waals surface area (Å²) in [5.74, 6) is 0.818. The summed E-state index contributed by atoms with van der Waals surface area (Å²) in [4.78, 5) is 13.8. The Morgan fingerprint density at radius 3 is 2.70 bits per heavy atom. The molecule has 1 aromatic rings. The molecular weight excluding hydrogens is 252 g/mol. The molecule has 0 bridgehead atoms.